The van der Waals surface area contributed by atoms with Crippen LogP contribution in [0.25, 0.3) is 0 Å². The van der Waals surface area contributed by atoms with Crippen LogP contribution in [0.1, 0.15) is 23.2 Å². The second-order valence-electron chi connectivity index (χ2n) is 4.32. The number of carbonyl (C=O) groups is 1. The van der Waals surface area contributed by atoms with Crippen LogP contribution in [0.3, 0.4) is 0 Å². The maximum atomic E-state index is 11.9. The first kappa shape index (κ1) is 12.2. The molecule has 4 N–H and O–H groups in total. The Morgan fingerprint density at radius 2 is 2.29 bits per heavy atom. The average molecular weight is 255 g/mol. The van der Waals surface area contributed by atoms with Gasteiger partial charge in [0.1, 0.15) is 5.75 Å². The number of phenolic OH excluding ortho intramolecular Hbond substituents is 1. The Labute approximate surface area is 105 Å². The number of halogens is 1. The minimum atomic E-state index is -0.200. The molecule has 2 rings (SSSR count). The lowest BCUT2D eigenvalue weighted by molar-refractivity contribution is 0.0933. The molecule has 4 nitrogen and oxygen atoms in total. The van der Waals surface area contributed by atoms with Gasteiger partial charge >= 0.3 is 0 Å². The summed E-state index contributed by atoms with van der Waals surface area (Å²) in [6, 6.07) is 4.44. The Bertz CT molecular complexity index is 433. The first-order valence-corrected chi connectivity index (χ1v) is 5.99. The normalized spacial score (nSPS) is 16.6. The van der Waals surface area contributed by atoms with Gasteiger partial charge < -0.3 is 16.2 Å². The van der Waals surface area contributed by atoms with E-state index in [-0.39, 0.29) is 22.7 Å². The summed E-state index contributed by atoms with van der Waals surface area (Å²) in [7, 11) is 0. The molecular formula is C12H15ClN2O2. The van der Waals surface area contributed by atoms with Crippen molar-refractivity contribution in [1.82, 2.24) is 5.32 Å². The van der Waals surface area contributed by atoms with Crippen LogP contribution in [-0.2, 0) is 0 Å². The van der Waals surface area contributed by atoms with Crippen molar-refractivity contribution in [3.8, 4) is 5.75 Å². The molecule has 0 saturated heterocycles. The van der Waals surface area contributed by atoms with Crippen LogP contribution in [0.2, 0.25) is 5.02 Å². The minimum absolute atomic E-state index is 0.0271. The van der Waals surface area contributed by atoms with E-state index < -0.39 is 0 Å². The number of benzene rings is 1. The van der Waals surface area contributed by atoms with Gasteiger partial charge in [-0.15, -0.1) is 0 Å². The van der Waals surface area contributed by atoms with Crippen molar-refractivity contribution in [1.29, 1.82) is 0 Å². The Balaban J connectivity index is 2.05. The van der Waals surface area contributed by atoms with Crippen LogP contribution in [0, 0.1) is 5.92 Å². The molecule has 0 bridgehead atoms. The zero-order chi connectivity index (χ0) is 12.4. The van der Waals surface area contributed by atoms with E-state index in [2.05, 4.69) is 5.32 Å². The van der Waals surface area contributed by atoms with E-state index in [4.69, 9.17) is 17.3 Å². The summed E-state index contributed by atoms with van der Waals surface area (Å²) in [6.45, 7) is 0.447. The van der Waals surface area contributed by atoms with E-state index in [0.29, 0.717) is 18.0 Å². The molecule has 1 atom stereocenters. The number of carbonyl (C=O) groups excluding carboxylic acids is 1. The Morgan fingerprint density at radius 3 is 2.82 bits per heavy atom. The maximum Gasteiger partial charge on any atom is 0.251 e. The van der Waals surface area contributed by atoms with Crippen molar-refractivity contribution in [3.63, 3.8) is 0 Å². The summed E-state index contributed by atoms with van der Waals surface area (Å²) >= 11 is 5.75. The van der Waals surface area contributed by atoms with Gasteiger partial charge in [-0.05, 0) is 37.0 Å². The number of aromatic hydroxyl groups is 1. The van der Waals surface area contributed by atoms with E-state index in [1.807, 2.05) is 0 Å². The number of nitrogens with two attached hydrogens (primary N) is 1. The zero-order valence-corrected chi connectivity index (χ0v) is 10.1. The first-order chi connectivity index (χ1) is 8.11. The van der Waals surface area contributed by atoms with Crippen molar-refractivity contribution in [3.05, 3.63) is 28.8 Å². The van der Waals surface area contributed by atoms with Crippen LogP contribution < -0.4 is 11.1 Å². The highest BCUT2D eigenvalue weighted by atomic mass is 35.5. The van der Waals surface area contributed by atoms with E-state index in [1.165, 1.54) is 18.2 Å². The number of phenols is 1. The van der Waals surface area contributed by atoms with Crippen LogP contribution >= 0.6 is 11.6 Å². The smallest absolute Gasteiger partial charge is 0.251 e. The number of rotatable bonds is 4. The van der Waals surface area contributed by atoms with Crippen molar-refractivity contribution in [2.75, 3.05) is 6.54 Å². The van der Waals surface area contributed by atoms with Gasteiger partial charge in [0.2, 0.25) is 0 Å². The predicted molar refractivity (Wildman–Crippen MR) is 66.1 cm³/mol. The molecule has 0 heterocycles. The minimum Gasteiger partial charge on any atom is -0.506 e. The molecule has 0 aromatic heterocycles. The number of hydrogen-bond donors (Lipinski definition) is 3. The van der Waals surface area contributed by atoms with E-state index in [1.54, 1.807) is 0 Å². The Morgan fingerprint density at radius 1 is 1.59 bits per heavy atom. The molecule has 1 fully saturated rings. The molecular weight excluding hydrogens is 240 g/mol. The standard InChI is InChI=1S/C12H15ClN2O2/c13-9-5-8(3-4-11(9)16)12(17)15-10(6-14)7-1-2-7/h3-5,7,10,16H,1-2,6,14H2,(H,15,17). The Kier molecular flexibility index (Phi) is 3.54. The lowest BCUT2D eigenvalue weighted by Crippen LogP contribution is -2.41. The third-order valence-electron chi connectivity index (χ3n) is 2.97. The molecule has 92 valence electrons. The van der Waals surface area contributed by atoms with Crippen molar-refractivity contribution in [2.24, 2.45) is 11.7 Å². The highest BCUT2D eigenvalue weighted by Crippen LogP contribution is 2.32. The van der Waals surface area contributed by atoms with Crippen LogP contribution in [0.4, 0.5) is 0 Å². The van der Waals surface area contributed by atoms with E-state index in [9.17, 15) is 9.90 Å². The van der Waals surface area contributed by atoms with Crippen molar-refractivity contribution >= 4 is 17.5 Å². The molecule has 1 aromatic rings. The third kappa shape index (κ3) is 2.90. The molecule has 17 heavy (non-hydrogen) atoms. The van der Waals surface area contributed by atoms with E-state index in [0.717, 1.165) is 12.8 Å². The lowest BCUT2D eigenvalue weighted by Gasteiger charge is -2.16. The summed E-state index contributed by atoms with van der Waals surface area (Å²) in [5.41, 5.74) is 6.05. The molecule has 1 aromatic carbocycles. The summed E-state index contributed by atoms with van der Waals surface area (Å²) < 4.78 is 0. The largest absolute Gasteiger partial charge is 0.506 e. The lowest BCUT2D eigenvalue weighted by atomic mass is 10.1. The Hall–Kier alpha value is -1.26. The van der Waals surface area contributed by atoms with Crippen LogP contribution in [0.15, 0.2) is 18.2 Å². The molecule has 1 unspecified atom stereocenters. The molecule has 1 aliphatic carbocycles. The van der Waals surface area contributed by atoms with Crippen molar-refractivity contribution < 1.29 is 9.90 Å². The monoisotopic (exact) mass is 254 g/mol. The molecule has 1 amide bonds. The predicted octanol–water partition coefficient (Wildman–Crippen LogP) is 1.51. The third-order valence-corrected chi connectivity index (χ3v) is 3.27. The number of amides is 1. The fourth-order valence-corrected chi connectivity index (χ4v) is 1.95. The molecule has 0 aliphatic heterocycles. The summed E-state index contributed by atoms with van der Waals surface area (Å²) in [5.74, 6) is 0.284. The summed E-state index contributed by atoms with van der Waals surface area (Å²) in [4.78, 5) is 11.9. The van der Waals surface area contributed by atoms with Gasteiger partial charge in [0.05, 0.1) is 5.02 Å². The van der Waals surface area contributed by atoms with Crippen LogP contribution in [-0.4, -0.2) is 23.6 Å². The van der Waals surface area contributed by atoms with Gasteiger partial charge in [0.25, 0.3) is 5.91 Å². The SMILES string of the molecule is NCC(NC(=O)c1ccc(O)c(Cl)c1)C1CC1. The number of nitrogens with one attached hydrogen (secondary N) is 1. The fourth-order valence-electron chi connectivity index (χ4n) is 1.77. The maximum absolute atomic E-state index is 11.9. The fraction of sp³-hybridized carbons (Fsp3) is 0.417. The summed E-state index contributed by atoms with van der Waals surface area (Å²) in [6.07, 6.45) is 2.25. The molecule has 1 saturated carbocycles. The molecule has 1 aliphatic rings. The van der Waals surface area contributed by atoms with Crippen molar-refractivity contribution in [2.45, 2.75) is 18.9 Å². The number of hydrogen-bond acceptors (Lipinski definition) is 3. The van der Waals surface area contributed by atoms with Gasteiger partial charge in [0.15, 0.2) is 0 Å². The average Bonchev–Trinajstić information content (AvgIpc) is 3.13. The van der Waals surface area contributed by atoms with Gasteiger partial charge in [-0.1, -0.05) is 11.6 Å². The summed E-state index contributed by atoms with van der Waals surface area (Å²) in [5, 5.41) is 12.3. The second-order valence-corrected chi connectivity index (χ2v) is 4.73. The first-order valence-electron chi connectivity index (χ1n) is 5.61. The molecule has 0 radical (unpaired) electrons. The van der Waals surface area contributed by atoms with Gasteiger partial charge in [-0.2, -0.15) is 0 Å². The van der Waals surface area contributed by atoms with Gasteiger partial charge in [-0.3, -0.25) is 4.79 Å². The highest BCUT2D eigenvalue weighted by Gasteiger charge is 2.31. The highest BCUT2D eigenvalue weighted by molar-refractivity contribution is 6.32. The molecule has 5 heteroatoms. The van der Waals surface area contributed by atoms with Gasteiger partial charge in [-0.25, -0.2) is 0 Å². The molecule has 0 spiro atoms. The quantitative estimate of drug-likeness (QED) is 0.762. The zero-order valence-electron chi connectivity index (χ0n) is 9.32. The van der Waals surface area contributed by atoms with Gasteiger partial charge in [0, 0.05) is 18.2 Å². The topological polar surface area (TPSA) is 75.3 Å². The van der Waals surface area contributed by atoms with Crippen LogP contribution in [0.5, 0.6) is 5.75 Å². The van der Waals surface area contributed by atoms with E-state index >= 15 is 0 Å². The second kappa shape index (κ2) is 4.94.